The molecule has 0 saturated heterocycles. The Morgan fingerprint density at radius 1 is 1.59 bits per heavy atom. The molecule has 7 heteroatoms. The van der Waals surface area contributed by atoms with Crippen molar-refractivity contribution < 1.29 is 8.42 Å². The van der Waals surface area contributed by atoms with E-state index < -0.39 is 10.0 Å². The first-order chi connectivity index (χ1) is 8.09. The van der Waals surface area contributed by atoms with Crippen LogP contribution in [0.25, 0.3) is 0 Å². The van der Waals surface area contributed by atoms with Crippen LogP contribution >= 0.6 is 0 Å². The zero-order chi connectivity index (χ0) is 12.5. The van der Waals surface area contributed by atoms with Gasteiger partial charge in [-0.25, -0.2) is 19.2 Å². The Labute approximate surface area is 101 Å². The van der Waals surface area contributed by atoms with E-state index in [-0.39, 0.29) is 10.9 Å². The third kappa shape index (κ3) is 2.41. The van der Waals surface area contributed by atoms with Crippen LogP contribution < -0.4 is 11.3 Å². The highest BCUT2D eigenvalue weighted by atomic mass is 32.2. The summed E-state index contributed by atoms with van der Waals surface area (Å²) in [5, 5.41) is 0. The summed E-state index contributed by atoms with van der Waals surface area (Å²) >= 11 is 0. The van der Waals surface area contributed by atoms with Crippen molar-refractivity contribution >= 4 is 15.8 Å². The minimum atomic E-state index is -3.42. The molecular formula is C10H16N4O2S. The molecular weight excluding hydrogens is 240 g/mol. The highest BCUT2D eigenvalue weighted by Crippen LogP contribution is 2.31. The number of sulfonamides is 1. The maximum atomic E-state index is 12.3. The summed E-state index contributed by atoms with van der Waals surface area (Å²) in [6.07, 6.45) is 3.32. The number of nitrogen functional groups attached to an aromatic ring is 1. The van der Waals surface area contributed by atoms with E-state index >= 15 is 0 Å². The lowest BCUT2D eigenvalue weighted by Gasteiger charge is -2.20. The SMILES string of the molecule is CCN(C1CC1)S(=O)(=O)c1ccnc(NN)c1. The van der Waals surface area contributed by atoms with Gasteiger partial charge >= 0.3 is 0 Å². The molecule has 94 valence electrons. The second-order valence-electron chi connectivity index (χ2n) is 3.96. The molecule has 0 aromatic carbocycles. The maximum absolute atomic E-state index is 12.3. The van der Waals surface area contributed by atoms with Crippen LogP contribution in [0.15, 0.2) is 23.2 Å². The van der Waals surface area contributed by atoms with Crippen LogP contribution in [0.5, 0.6) is 0 Å². The zero-order valence-electron chi connectivity index (χ0n) is 9.63. The van der Waals surface area contributed by atoms with Gasteiger partial charge in [0.1, 0.15) is 5.82 Å². The summed E-state index contributed by atoms with van der Waals surface area (Å²) in [6.45, 7) is 2.33. The first kappa shape index (κ1) is 12.3. The van der Waals surface area contributed by atoms with Crippen molar-refractivity contribution in [2.24, 2.45) is 5.84 Å². The molecule has 2 rings (SSSR count). The normalized spacial score (nSPS) is 16.2. The van der Waals surface area contributed by atoms with Crippen LogP contribution in [0.4, 0.5) is 5.82 Å². The fourth-order valence-electron chi connectivity index (χ4n) is 1.77. The van der Waals surface area contributed by atoms with Gasteiger partial charge in [-0.05, 0) is 18.9 Å². The average Bonchev–Trinajstić information content (AvgIpc) is 3.14. The van der Waals surface area contributed by atoms with E-state index in [0.717, 1.165) is 12.8 Å². The smallest absolute Gasteiger partial charge is 0.243 e. The topological polar surface area (TPSA) is 88.3 Å². The van der Waals surface area contributed by atoms with E-state index in [1.165, 1.54) is 22.6 Å². The Morgan fingerprint density at radius 3 is 2.82 bits per heavy atom. The van der Waals surface area contributed by atoms with Crippen molar-refractivity contribution in [1.82, 2.24) is 9.29 Å². The fourth-order valence-corrected chi connectivity index (χ4v) is 3.48. The van der Waals surface area contributed by atoms with Crippen molar-refractivity contribution in [3.05, 3.63) is 18.3 Å². The van der Waals surface area contributed by atoms with Crippen LogP contribution in [0.3, 0.4) is 0 Å². The number of pyridine rings is 1. The number of nitrogens with two attached hydrogens (primary N) is 1. The standard InChI is InChI=1S/C10H16N4O2S/c1-2-14(8-3-4-8)17(15,16)9-5-6-12-10(7-9)13-11/h5-8H,2-4,11H2,1H3,(H,12,13). The van der Waals surface area contributed by atoms with Gasteiger partial charge in [-0.2, -0.15) is 4.31 Å². The number of hydrogen-bond donors (Lipinski definition) is 2. The van der Waals surface area contributed by atoms with Gasteiger partial charge in [0, 0.05) is 24.8 Å². The van der Waals surface area contributed by atoms with Crippen molar-refractivity contribution in [1.29, 1.82) is 0 Å². The van der Waals surface area contributed by atoms with Crippen LogP contribution in [0, 0.1) is 0 Å². The fraction of sp³-hybridized carbons (Fsp3) is 0.500. The van der Waals surface area contributed by atoms with E-state index in [2.05, 4.69) is 10.4 Å². The second kappa shape index (κ2) is 4.59. The third-order valence-electron chi connectivity index (χ3n) is 2.75. The molecule has 1 aromatic heterocycles. The molecule has 0 aliphatic heterocycles. The molecule has 1 aliphatic rings. The summed E-state index contributed by atoms with van der Waals surface area (Å²) < 4.78 is 26.2. The van der Waals surface area contributed by atoms with E-state index in [0.29, 0.717) is 12.4 Å². The van der Waals surface area contributed by atoms with Crippen LogP contribution in [-0.4, -0.2) is 30.3 Å². The highest BCUT2D eigenvalue weighted by Gasteiger charge is 2.36. The molecule has 0 radical (unpaired) electrons. The quantitative estimate of drug-likeness (QED) is 0.593. The average molecular weight is 256 g/mol. The third-order valence-corrected chi connectivity index (χ3v) is 4.78. The van der Waals surface area contributed by atoms with E-state index in [9.17, 15) is 8.42 Å². The molecule has 0 atom stereocenters. The summed E-state index contributed by atoms with van der Waals surface area (Å²) in [6, 6.07) is 3.09. The first-order valence-electron chi connectivity index (χ1n) is 5.54. The number of anilines is 1. The van der Waals surface area contributed by atoms with Gasteiger partial charge in [0.25, 0.3) is 0 Å². The summed E-state index contributed by atoms with van der Waals surface area (Å²) in [5.74, 6) is 5.57. The van der Waals surface area contributed by atoms with Crippen molar-refractivity contribution in [2.75, 3.05) is 12.0 Å². The minimum Gasteiger partial charge on any atom is -0.308 e. The van der Waals surface area contributed by atoms with Crippen molar-refractivity contribution in [3.63, 3.8) is 0 Å². The maximum Gasteiger partial charge on any atom is 0.243 e. The number of rotatable bonds is 5. The lowest BCUT2D eigenvalue weighted by atomic mass is 10.5. The predicted octanol–water partition coefficient (Wildman–Crippen LogP) is 0.540. The van der Waals surface area contributed by atoms with Crippen LogP contribution in [0.2, 0.25) is 0 Å². The molecule has 1 heterocycles. The molecule has 6 nitrogen and oxygen atoms in total. The Balaban J connectivity index is 2.35. The molecule has 1 aromatic rings. The summed E-state index contributed by atoms with van der Waals surface area (Å²) in [5.41, 5.74) is 2.35. The largest absolute Gasteiger partial charge is 0.308 e. The van der Waals surface area contributed by atoms with Crippen LogP contribution in [0.1, 0.15) is 19.8 Å². The number of aromatic nitrogens is 1. The van der Waals surface area contributed by atoms with Crippen molar-refractivity contribution in [2.45, 2.75) is 30.7 Å². The Hall–Kier alpha value is -1.18. The molecule has 17 heavy (non-hydrogen) atoms. The van der Waals surface area contributed by atoms with Crippen molar-refractivity contribution in [3.8, 4) is 0 Å². The van der Waals surface area contributed by atoms with Gasteiger partial charge in [0.05, 0.1) is 4.90 Å². The molecule has 0 spiro atoms. The van der Waals surface area contributed by atoms with E-state index in [1.807, 2.05) is 6.92 Å². The molecule has 0 unspecified atom stereocenters. The molecule has 1 aliphatic carbocycles. The monoisotopic (exact) mass is 256 g/mol. The van der Waals surface area contributed by atoms with Gasteiger partial charge in [0.2, 0.25) is 10.0 Å². The highest BCUT2D eigenvalue weighted by molar-refractivity contribution is 7.89. The summed E-state index contributed by atoms with van der Waals surface area (Å²) in [4.78, 5) is 4.13. The number of nitrogens with one attached hydrogen (secondary N) is 1. The van der Waals surface area contributed by atoms with Gasteiger partial charge in [-0.1, -0.05) is 6.92 Å². The Kier molecular flexibility index (Phi) is 3.32. The van der Waals surface area contributed by atoms with Gasteiger partial charge in [-0.3, -0.25) is 0 Å². The zero-order valence-corrected chi connectivity index (χ0v) is 10.4. The van der Waals surface area contributed by atoms with E-state index in [4.69, 9.17) is 5.84 Å². The second-order valence-corrected chi connectivity index (χ2v) is 5.85. The van der Waals surface area contributed by atoms with Gasteiger partial charge in [0.15, 0.2) is 0 Å². The number of nitrogens with zero attached hydrogens (tertiary/aromatic N) is 2. The van der Waals surface area contributed by atoms with Crippen LogP contribution in [-0.2, 0) is 10.0 Å². The first-order valence-corrected chi connectivity index (χ1v) is 6.98. The Morgan fingerprint density at radius 2 is 2.29 bits per heavy atom. The molecule has 1 saturated carbocycles. The Bertz CT molecular complexity index is 499. The lowest BCUT2D eigenvalue weighted by Crippen LogP contribution is -2.33. The molecule has 0 amide bonds. The molecule has 1 fully saturated rings. The number of hydrazine groups is 1. The predicted molar refractivity (Wildman–Crippen MR) is 64.6 cm³/mol. The molecule has 0 bridgehead atoms. The minimum absolute atomic E-state index is 0.160. The van der Waals surface area contributed by atoms with Gasteiger partial charge < -0.3 is 5.43 Å². The van der Waals surface area contributed by atoms with Gasteiger partial charge in [-0.15, -0.1) is 0 Å². The summed E-state index contributed by atoms with van der Waals surface area (Å²) in [7, 11) is -3.42. The molecule has 3 N–H and O–H groups in total. The number of hydrogen-bond acceptors (Lipinski definition) is 5. The lowest BCUT2D eigenvalue weighted by molar-refractivity contribution is 0.421. The van der Waals surface area contributed by atoms with E-state index in [1.54, 1.807) is 0 Å².